The van der Waals surface area contributed by atoms with Crippen molar-refractivity contribution in [2.75, 3.05) is 7.11 Å². The van der Waals surface area contributed by atoms with Gasteiger partial charge in [0, 0.05) is 18.4 Å². The Hall–Kier alpha value is -2.47. The lowest BCUT2D eigenvalue weighted by atomic mass is 9.97. The van der Waals surface area contributed by atoms with Gasteiger partial charge in [0.2, 0.25) is 0 Å². The van der Waals surface area contributed by atoms with Gasteiger partial charge in [0.15, 0.2) is 5.82 Å². The van der Waals surface area contributed by atoms with Gasteiger partial charge in [0.05, 0.1) is 18.6 Å². The molecule has 1 atom stereocenters. The summed E-state index contributed by atoms with van der Waals surface area (Å²) < 4.78 is 12.4. The van der Waals surface area contributed by atoms with Crippen molar-refractivity contribution in [3.8, 4) is 11.3 Å². The average molecular weight is 340 g/mol. The van der Waals surface area contributed by atoms with Gasteiger partial charge in [-0.3, -0.25) is 0 Å². The largest absolute Gasteiger partial charge is 0.375 e. The maximum Gasteiger partial charge on any atom is 0.252 e. The number of aromatic nitrogens is 4. The molecule has 2 aromatic heterocycles. The van der Waals surface area contributed by atoms with E-state index in [1.807, 2.05) is 24.5 Å². The predicted molar refractivity (Wildman–Crippen MR) is 95.1 cm³/mol. The summed E-state index contributed by atoms with van der Waals surface area (Å²) in [7, 11) is 1.61. The number of methoxy groups -OCH3 is 1. The first kappa shape index (κ1) is 17.4. The normalized spacial score (nSPS) is 12.4. The molecular formula is C19H24N4O2. The Labute approximate surface area is 147 Å². The molecule has 3 aromatic rings. The van der Waals surface area contributed by atoms with E-state index in [-0.39, 0.29) is 0 Å². The van der Waals surface area contributed by atoms with E-state index in [0.29, 0.717) is 30.8 Å². The van der Waals surface area contributed by atoms with E-state index in [1.54, 1.807) is 7.11 Å². The molecule has 3 rings (SSSR count). The maximum absolute atomic E-state index is 5.20. The minimum Gasteiger partial charge on any atom is -0.375 e. The molecule has 0 saturated heterocycles. The van der Waals surface area contributed by atoms with E-state index < -0.39 is 0 Å². The van der Waals surface area contributed by atoms with Crippen molar-refractivity contribution in [3.05, 3.63) is 54.1 Å². The second-order valence-electron chi connectivity index (χ2n) is 6.20. The molecule has 0 aliphatic rings. The molecule has 0 aliphatic heterocycles. The zero-order valence-electron chi connectivity index (χ0n) is 15.0. The molecule has 0 aliphatic carbocycles. The number of nitrogens with zero attached hydrogens (tertiary/aromatic N) is 4. The molecule has 1 aromatic carbocycles. The quantitative estimate of drug-likeness (QED) is 0.619. The van der Waals surface area contributed by atoms with E-state index in [2.05, 4.69) is 45.7 Å². The van der Waals surface area contributed by atoms with Crippen molar-refractivity contribution < 1.29 is 9.26 Å². The van der Waals surface area contributed by atoms with Crippen LogP contribution in [0.3, 0.4) is 0 Å². The van der Waals surface area contributed by atoms with Crippen LogP contribution >= 0.6 is 0 Å². The number of hydrogen-bond donors (Lipinski definition) is 0. The highest BCUT2D eigenvalue weighted by Crippen LogP contribution is 2.31. The first-order valence-corrected chi connectivity index (χ1v) is 8.63. The van der Waals surface area contributed by atoms with Crippen LogP contribution in [0.1, 0.15) is 50.0 Å². The van der Waals surface area contributed by atoms with Gasteiger partial charge in [-0.05, 0) is 12.3 Å². The standard InChI is InChI=1S/C19H24N4O2/c1-4-8-14(2)19-18(15-9-6-5-7-10-15)20-13-23(19)11-16-21-17(12-24-3)25-22-16/h5-7,9-10,13-14H,4,8,11-12H2,1-3H3/t14-/m0/s1. The Morgan fingerprint density at radius 3 is 2.76 bits per heavy atom. The Bertz CT molecular complexity index is 795. The Morgan fingerprint density at radius 1 is 1.24 bits per heavy atom. The van der Waals surface area contributed by atoms with Crippen LogP contribution in [0.25, 0.3) is 11.3 Å². The summed E-state index contributed by atoms with van der Waals surface area (Å²) in [5.74, 6) is 1.52. The molecule has 0 unspecified atom stereocenters. The summed E-state index contributed by atoms with van der Waals surface area (Å²) in [6.07, 6.45) is 4.10. The van der Waals surface area contributed by atoms with Gasteiger partial charge >= 0.3 is 0 Å². The Kier molecular flexibility index (Phi) is 5.60. The zero-order chi connectivity index (χ0) is 17.6. The van der Waals surface area contributed by atoms with Crippen LogP contribution in [0.2, 0.25) is 0 Å². The SMILES string of the molecule is CCC[C@H](C)c1c(-c2ccccc2)ncn1Cc1noc(COC)n1. The number of ether oxygens (including phenoxy) is 1. The van der Waals surface area contributed by atoms with Gasteiger partial charge in [-0.1, -0.05) is 55.8 Å². The molecule has 0 spiro atoms. The minimum atomic E-state index is 0.325. The lowest BCUT2D eigenvalue weighted by Gasteiger charge is -2.15. The third-order valence-electron chi connectivity index (χ3n) is 4.20. The van der Waals surface area contributed by atoms with Crippen LogP contribution in [0, 0.1) is 0 Å². The summed E-state index contributed by atoms with van der Waals surface area (Å²) in [6, 6.07) is 10.3. The smallest absolute Gasteiger partial charge is 0.252 e. The monoisotopic (exact) mass is 340 g/mol. The van der Waals surface area contributed by atoms with Crippen LogP contribution in [-0.4, -0.2) is 26.8 Å². The first-order chi connectivity index (χ1) is 12.2. The van der Waals surface area contributed by atoms with Crippen molar-refractivity contribution in [1.29, 1.82) is 0 Å². The highest BCUT2D eigenvalue weighted by molar-refractivity contribution is 5.62. The number of imidazole rings is 1. The van der Waals surface area contributed by atoms with Gasteiger partial charge in [-0.25, -0.2) is 4.98 Å². The highest BCUT2D eigenvalue weighted by atomic mass is 16.5. The van der Waals surface area contributed by atoms with Crippen LogP contribution in [0.15, 0.2) is 41.2 Å². The lowest BCUT2D eigenvalue weighted by Crippen LogP contribution is -2.08. The van der Waals surface area contributed by atoms with Crippen molar-refractivity contribution in [1.82, 2.24) is 19.7 Å². The predicted octanol–water partition coefficient (Wildman–Crippen LogP) is 4.03. The third-order valence-corrected chi connectivity index (χ3v) is 4.20. The Morgan fingerprint density at radius 2 is 2.04 bits per heavy atom. The van der Waals surface area contributed by atoms with Crippen molar-refractivity contribution in [2.24, 2.45) is 0 Å². The fraction of sp³-hybridized carbons (Fsp3) is 0.421. The highest BCUT2D eigenvalue weighted by Gasteiger charge is 2.19. The number of benzene rings is 1. The third kappa shape index (κ3) is 3.96. The lowest BCUT2D eigenvalue weighted by molar-refractivity contribution is 0.151. The molecule has 0 saturated carbocycles. The fourth-order valence-electron chi connectivity index (χ4n) is 3.11. The van der Waals surface area contributed by atoms with Gasteiger partial charge < -0.3 is 13.8 Å². The second kappa shape index (κ2) is 8.07. The molecule has 2 heterocycles. The molecule has 6 nitrogen and oxygen atoms in total. The molecule has 0 fully saturated rings. The van der Waals surface area contributed by atoms with E-state index in [4.69, 9.17) is 9.26 Å². The van der Waals surface area contributed by atoms with E-state index in [1.165, 1.54) is 5.69 Å². The molecular weight excluding hydrogens is 316 g/mol. The summed E-state index contributed by atoms with van der Waals surface area (Å²) in [5, 5.41) is 4.04. The van der Waals surface area contributed by atoms with Crippen LogP contribution in [0.5, 0.6) is 0 Å². The summed E-state index contributed by atoms with van der Waals surface area (Å²) in [4.78, 5) is 9.05. The fourth-order valence-corrected chi connectivity index (χ4v) is 3.11. The van der Waals surface area contributed by atoms with Gasteiger partial charge in [-0.2, -0.15) is 4.98 Å². The maximum atomic E-state index is 5.20. The van der Waals surface area contributed by atoms with Crippen LogP contribution in [0.4, 0.5) is 0 Å². The second-order valence-corrected chi connectivity index (χ2v) is 6.20. The first-order valence-electron chi connectivity index (χ1n) is 8.63. The molecule has 0 radical (unpaired) electrons. The van der Waals surface area contributed by atoms with Gasteiger partial charge in [-0.15, -0.1) is 0 Å². The van der Waals surface area contributed by atoms with E-state index in [0.717, 1.165) is 24.1 Å². The molecule has 0 N–H and O–H groups in total. The summed E-state index contributed by atoms with van der Waals surface area (Å²) in [6.45, 7) is 5.31. The van der Waals surface area contributed by atoms with Crippen LogP contribution in [-0.2, 0) is 17.9 Å². The molecule has 25 heavy (non-hydrogen) atoms. The topological polar surface area (TPSA) is 66.0 Å². The van der Waals surface area contributed by atoms with Crippen molar-refractivity contribution in [3.63, 3.8) is 0 Å². The molecule has 6 heteroatoms. The number of hydrogen-bond acceptors (Lipinski definition) is 5. The summed E-state index contributed by atoms with van der Waals surface area (Å²) >= 11 is 0. The van der Waals surface area contributed by atoms with Gasteiger partial charge in [0.25, 0.3) is 5.89 Å². The van der Waals surface area contributed by atoms with Crippen molar-refractivity contribution in [2.45, 2.75) is 45.8 Å². The Balaban J connectivity index is 1.93. The molecule has 0 bridgehead atoms. The number of rotatable bonds is 8. The van der Waals surface area contributed by atoms with E-state index in [9.17, 15) is 0 Å². The molecule has 0 amide bonds. The van der Waals surface area contributed by atoms with E-state index >= 15 is 0 Å². The zero-order valence-corrected chi connectivity index (χ0v) is 15.0. The minimum absolute atomic E-state index is 0.325. The summed E-state index contributed by atoms with van der Waals surface area (Å²) in [5.41, 5.74) is 3.38. The van der Waals surface area contributed by atoms with Crippen molar-refractivity contribution >= 4 is 0 Å². The van der Waals surface area contributed by atoms with Crippen LogP contribution < -0.4 is 0 Å². The average Bonchev–Trinajstić information content (AvgIpc) is 3.24. The molecule has 132 valence electrons. The van der Waals surface area contributed by atoms with Gasteiger partial charge in [0.1, 0.15) is 6.61 Å².